The first kappa shape index (κ1) is 13.4. The highest BCUT2D eigenvalue weighted by atomic mass is 16.5. The molecular weight excluding hydrogens is 248 g/mol. The van der Waals surface area contributed by atoms with Crippen LogP contribution in [0.1, 0.15) is 5.56 Å². The van der Waals surface area contributed by atoms with E-state index in [9.17, 15) is 9.59 Å². The topological polar surface area (TPSA) is 87.7 Å². The fourth-order valence-electron chi connectivity index (χ4n) is 1.99. The van der Waals surface area contributed by atoms with E-state index in [2.05, 4.69) is 10.6 Å². The Morgan fingerprint density at radius 2 is 2.21 bits per heavy atom. The van der Waals surface area contributed by atoms with Gasteiger partial charge in [0.2, 0.25) is 5.91 Å². The van der Waals surface area contributed by atoms with E-state index in [1.165, 1.54) is 0 Å². The molecule has 0 aliphatic carbocycles. The van der Waals surface area contributed by atoms with Crippen LogP contribution < -0.4 is 10.6 Å². The molecule has 0 aromatic heterocycles. The molecule has 3 N–H and O–H groups in total. The molecule has 0 radical (unpaired) electrons. The zero-order chi connectivity index (χ0) is 13.7. The third-order valence-corrected chi connectivity index (χ3v) is 2.86. The predicted molar refractivity (Wildman–Crippen MR) is 69.0 cm³/mol. The molecule has 1 aromatic rings. The molecule has 1 aliphatic rings. The van der Waals surface area contributed by atoms with Crippen LogP contribution in [0.3, 0.4) is 0 Å². The van der Waals surface area contributed by atoms with Crippen LogP contribution in [0.5, 0.6) is 0 Å². The summed E-state index contributed by atoms with van der Waals surface area (Å²) in [5.41, 5.74) is 2.12. The maximum absolute atomic E-state index is 11.9. The summed E-state index contributed by atoms with van der Waals surface area (Å²) in [5.74, 6) is -1.12. The highest BCUT2D eigenvalue weighted by Crippen LogP contribution is 2.24. The van der Waals surface area contributed by atoms with E-state index in [0.717, 1.165) is 11.3 Å². The first-order valence-electron chi connectivity index (χ1n) is 6.08. The molecule has 0 saturated heterocycles. The van der Waals surface area contributed by atoms with Crippen molar-refractivity contribution >= 4 is 17.6 Å². The molecule has 1 atom stereocenters. The number of carbonyl (C=O) groups is 2. The number of para-hydroxylation sites is 1. The second-order valence-corrected chi connectivity index (χ2v) is 4.30. The van der Waals surface area contributed by atoms with Gasteiger partial charge in [-0.15, -0.1) is 0 Å². The van der Waals surface area contributed by atoms with Crippen LogP contribution in [-0.4, -0.2) is 42.8 Å². The van der Waals surface area contributed by atoms with E-state index in [-0.39, 0.29) is 25.2 Å². The second-order valence-electron chi connectivity index (χ2n) is 4.30. The molecule has 0 spiro atoms. The van der Waals surface area contributed by atoms with Crippen molar-refractivity contribution in [3.63, 3.8) is 0 Å². The molecule has 0 bridgehead atoms. The molecule has 102 valence electrons. The Labute approximate surface area is 110 Å². The van der Waals surface area contributed by atoms with Gasteiger partial charge in [0, 0.05) is 18.7 Å². The summed E-state index contributed by atoms with van der Waals surface area (Å²) in [6.45, 7) is 0.154. The monoisotopic (exact) mass is 264 g/mol. The summed E-state index contributed by atoms with van der Waals surface area (Å²) in [6, 6.07) is 7.54. The largest absolute Gasteiger partial charge is 0.480 e. The Morgan fingerprint density at radius 1 is 1.42 bits per heavy atom. The number of carboxylic acids is 1. The van der Waals surface area contributed by atoms with E-state index >= 15 is 0 Å². The number of rotatable bonds is 6. The number of carboxylic acid groups (broad SMARTS) is 1. The van der Waals surface area contributed by atoms with Crippen molar-refractivity contribution < 1.29 is 19.4 Å². The number of ether oxygens (including phenoxy) is 1. The molecular formula is C13H16N2O4. The van der Waals surface area contributed by atoms with Gasteiger partial charge >= 0.3 is 5.97 Å². The minimum atomic E-state index is -1.01. The van der Waals surface area contributed by atoms with Crippen LogP contribution in [0.25, 0.3) is 0 Å². The molecule has 1 heterocycles. The van der Waals surface area contributed by atoms with Gasteiger partial charge in [-0.3, -0.25) is 4.79 Å². The Balaban J connectivity index is 1.70. The number of carbonyl (C=O) groups excluding carboxylic acids is 1. The van der Waals surface area contributed by atoms with Crippen molar-refractivity contribution in [3.8, 4) is 0 Å². The van der Waals surface area contributed by atoms with E-state index in [4.69, 9.17) is 9.84 Å². The molecule has 1 unspecified atom stereocenters. The van der Waals surface area contributed by atoms with Gasteiger partial charge in [0.05, 0.1) is 6.61 Å². The predicted octanol–water partition coefficient (Wildman–Crippen LogP) is 0.241. The molecule has 1 aromatic carbocycles. The van der Waals surface area contributed by atoms with E-state index in [1.807, 2.05) is 24.3 Å². The van der Waals surface area contributed by atoms with Crippen LogP contribution in [0, 0.1) is 0 Å². The van der Waals surface area contributed by atoms with Crippen LogP contribution in [0.2, 0.25) is 0 Å². The molecule has 2 rings (SSSR count). The molecule has 0 saturated carbocycles. The second kappa shape index (κ2) is 6.19. The fraction of sp³-hybridized carbons (Fsp3) is 0.385. The Hall–Kier alpha value is -2.08. The first-order valence-corrected chi connectivity index (χ1v) is 6.08. The molecule has 6 heteroatoms. The number of hydrogen-bond donors (Lipinski definition) is 3. The first-order chi connectivity index (χ1) is 9.16. The van der Waals surface area contributed by atoms with Crippen LogP contribution >= 0.6 is 0 Å². The van der Waals surface area contributed by atoms with Crippen molar-refractivity contribution in [2.45, 2.75) is 12.5 Å². The normalized spacial score (nSPS) is 16.5. The minimum Gasteiger partial charge on any atom is -0.480 e. The lowest BCUT2D eigenvalue weighted by Crippen LogP contribution is -2.40. The average Bonchev–Trinajstić information content (AvgIpc) is 2.81. The van der Waals surface area contributed by atoms with Crippen LogP contribution in [0.15, 0.2) is 24.3 Å². The standard InChI is InChI=1S/C13H16N2O4/c16-12(17)8-19-6-5-14-13(18)11-7-9-3-1-2-4-10(9)15-11/h1-4,11,15H,5-8H2,(H,14,18)(H,16,17). The molecule has 1 amide bonds. The van der Waals surface area contributed by atoms with Crippen molar-refractivity contribution in [2.24, 2.45) is 0 Å². The highest BCUT2D eigenvalue weighted by molar-refractivity contribution is 5.87. The smallest absolute Gasteiger partial charge is 0.329 e. The summed E-state index contributed by atoms with van der Waals surface area (Å²) in [4.78, 5) is 22.1. The lowest BCUT2D eigenvalue weighted by molar-refractivity contribution is -0.142. The number of fused-ring (bicyclic) bond motifs is 1. The van der Waals surface area contributed by atoms with Gasteiger partial charge in [0.15, 0.2) is 0 Å². The van der Waals surface area contributed by atoms with E-state index in [1.54, 1.807) is 0 Å². The molecule has 0 fully saturated rings. The summed E-state index contributed by atoms with van der Waals surface area (Å²) >= 11 is 0. The van der Waals surface area contributed by atoms with Gasteiger partial charge in [-0.05, 0) is 11.6 Å². The third kappa shape index (κ3) is 3.69. The quantitative estimate of drug-likeness (QED) is 0.641. The number of amides is 1. The summed E-state index contributed by atoms with van der Waals surface area (Å²) in [5, 5.41) is 14.2. The Morgan fingerprint density at radius 3 is 2.95 bits per heavy atom. The number of nitrogens with one attached hydrogen (secondary N) is 2. The van der Waals surface area contributed by atoms with Gasteiger partial charge in [-0.25, -0.2) is 4.79 Å². The van der Waals surface area contributed by atoms with Gasteiger partial charge in [0.25, 0.3) is 0 Å². The summed E-state index contributed by atoms with van der Waals surface area (Å²) in [6.07, 6.45) is 0.665. The summed E-state index contributed by atoms with van der Waals surface area (Å²) < 4.78 is 4.84. The number of hydrogen-bond acceptors (Lipinski definition) is 4. The van der Waals surface area contributed by atoms with Crippen LogP contribution in [-0.2, 0) is 20.7 Å². The van der Waals surface area contributed by atoms with Crippen molar-refractivity contribution in [1.82, 2.24) is 5.32 Å². The maximum Gasteiger partial charge on any atom is 0.329 e. The lowest BCUT2D eigenvalue weighted by atomic mass is 10.1. The number of anilines is 1. The summed E-state index contributed by atoms with van der Waals surface area (Å²) in [7, 11) is 0. The van der Waals surface area contributed by atoms with Crippen molar-refractivity contribution in [1.29, 1.82) is 0 Å². The van der Waals surface area contributed by atoms with Gasteiger partial charge < -0.3 is 20.5 Å². The average molecular weight is 264 g/mol. The number of aliphatic carboxylic acids is 1. The Kier molecular flexibility index (Phi) is 4.35. The third-order valence-electron chi connectivity index (χ3n) is 2.86. The molecule has 19 heavy (non-hydrogen) atoms. The highest BCUT2D eigenvalue weighted by Gasteiger charge is 2.25. The Bertz CT molecular complexity index is 450. The molecule has 1 aliphatic heterocycles. The zero-order valence-corrected chi connectivity index (χ0v) is 10.4. The van der Waals surface area contributed by atoms with Crippen LogP contribution in [0.4, 0.5) is 5.69 Å². The van der Waals surface area contributed by atoms with Gasteiger partial charge in [-0.2, -0.15) is 0 Å². The van der Waals surface area contributed by atoms with E-state index in [0.29, 0.717) is 13.0 Å². The fourth-order valence-corrected chi connectivity index (χ4v) is 1.99. The van der Waals surface area contributed by atoms with Gasteiger partial charge in [-0.1, -0.05) is 18.2 Å². The number of benzene rings is 1. The van der Waals surface area contributed by atoms with Gasteiger partial charge in [0.1, 0.15) is 12.6 Å². The maximum atomic E-state index is 11.9. The SMILES string of the molecule is O=C(O)COCCNC(=O)C1Cc2ccccc2N1. The minimum absolute atomic E-state index is 0.102. The van der Waals surface area contributed by atoms with E-state index < -0.39 is 5.97 Å². The zero-order valence-electron chi connectivity index (χ0n) is 10.4. The molecule has 6 nitrogen and oxygen atoms in total. The van der Waals surface area contributed by atoms with Crippen molar-refractivity contribution in [2.75, 3.05) is 25.1 Å². The lowest BCUT2D eigenvalue weighted by Gasteiger charge is -2.11. The van der Waals surface area contributed by atoms with Crippen molar-refractivity contribution in [3.05, 3.63) is 29.8 Å².